The molecule has 0 saturated carbocycles. The highest BCUT2D eigenvalue weighted by molar-refractivity contribution is 5.91. The van der Waals surface area contributed by atoms with E-state index in [1.807, 2.05) is 51.4 Å². The zero-order valence-electron chi connectivity index (χ0n) is 13.5. The maximum atomic E-state index is 11.5. The number of halogens is 1. The first-order valence-corrected chi connectivity index (χ1v) is 6.82. The van der Waals surface area contributed by atoms with Crippen molar-refractivity contribution in [2.24, 2.45) is 5.73 Å². The number of carbonyl (C=O) groups is 1. The van der Waals surface area contributed by atoms with Gasteiger partial charge in [-0.2, -0.15) is 0 Å². The van der Waals surface area contributed by atoms with Gasteiger partial charge in [0.05, 0.1) is 0 Å². The quantitative estimate of drug-likeness (QED) is 0.672. The zero-order chi connectivity index (χ0) is 15.5. The molecule has 0 aliphatic heterocycles. The number of benzene rings is 1. The van der Waals surface area contributed by atoms with Crippen molar-refractivity contribution in [3.63, 3.8) is 0 Å². The van der Waals surface area contributed by atoms with E-state index < -0.39 is 0 Å². The Kier molecular flexibility index (Phi) is 12.9. The molecule has 0 spiro atoms. The van der Waals surface area contributed by atoms with Gasteiger partial charge in [-0.25, -0.2) is 5.01 Å². The summed E-state index contributed by atoms with van der Waals surface area (Å²) in [5.41, 5.74) is 7.12. The van der Waals surface area contributed by atoms with Gasteiger partial charge in [-0.3, -0.25) is 9.80 Å². The minimum atomic E-state index is 0. The third kappa shape index (κ3) is 9.24. The summed E-state index contributed by atoms with van der Waals surface area (Å²) in [6, 6.07) is 9.99. The Morgan fingerprint density at radius 2 is 1.76 bits per heavy atom. The lowest BCUT2D eigenvalue weighted by Gasteiger charge is -2.28. The van der Waals surface area contributed by atoms with Crippen molar-refractivity contribution in [3.05, 3.63) is 48.0 Å². The van der Waals surface area contributed by atoms with E-state index in [9.17, 15) is 4.79 Å². The number of carbonyl (C=O) groups excluding carboxylic acids is 1. The van der Waals surface area contributed by atoms with Crippen LogP contribution < -0.4 is 5.73 Å². The molecule has 0 aliphatic carbocycles. The Balaban J connectivity index is 0. The Hall–Kier alpha value is -1.36. The third-order valence-corrected chi connectivity index (χ3v) is 2.60. The minimum absolute atomic E-state index is 0. The molecule has 0 aromatic heterocycles. The fraction of sp³-hybridized carbons (Fsp3) is 0.438. The number of amides is 1. The molecule has 0 atom stereocenters. The van der Waals surface area contributed by atoms with Crippen molar-refractivity contribution in [2.45, 2.75) is 26.8 Å². The van der Waals surface area contributed by atoms with Crippen LogP contribution in [-0.4, -0.2) is 36.6 Å². The standard InChI is InChI=1S/C9H18N2O.C7H9N.ClH/c1-6-7-11(10(4)5)9(12)8(2)3;8-6-7-4-2-1-3-5-7;/h2,6-7H2,1,3-5H3;1-5H,6,8H2;1H. The lowest BCUT2D eigenvalue weighted by atomic mass is 10.2. The molecule has 4 nitrogen and oxygen atoms in total. The van der Waals surface area contributed by atoms with Crippen LogP contribution in [0.4, 0.5) is 0 Å². The highest BCUT2D eigenvalue weighted by atomic mass is 35.5. The predicted octanol–water partition coefficient (Wildman–Crippen LogP) is 2.84. The highest BCUT2D eigenvalue weighted by Crippen LogP contribution is 2.01. The van der Waals surface area contributed by atoms with Crippen LogP contribution in [0, 0.1) is 0 Å². The minimum Gasteiger partial charge on any atom is -0.326 e. The normalized spacial score (nSPS) is 9.24. The number of hydrogen-bond acceptors (Lipinski definition) is 3. The van der Waals surface area contributed by atoms with Gasteiger partial charge >= 0.3 is 0 Å². The molecular weight excluding hydrogens is 286 g/mol. The Labute approximate surface area is 135 Å². The van der Waals surface area contributed by atoms with E-state index in [4.69, 9.17) is 5.73 Å². The van der Waals surface area contributed by atoms with Gasteiger partial charge in [-0.15, -0.1) is 12.4 Å². The summed E-state index contributed by atoms with van der Waals surface area (Å²) in [6.45, 7) is 8.79. The van der Waals surface area contributed by atoms with Crippen LogP contribution in [0.1, 0.15) is 25.8 Å². The SMILES string of the molecule is C=C(C)C(=O)N(CCC)N(C)C.Cl.NCc1ccccc1. The van der Waals surface area contributed by atoms with Crippen molar-refractivity contribution >= 4 is 18.3 Å². The van der Waals surface area contributed by atoms with Crippen molar-refractivity contribution in [1.82, 2.24) is 10.0 Å². The first-order valence-electron chi connectivity index (χ1n) is 6.82. The summed E-state index contributed by atoms with van der Waals surface area (Å²) in [5, 5.41) is 3.48. The van der Waals surface area contributed by atoms with E-state index in [2.05, 4.69) is 6.58 Å². The van der Waals surface area contributed by atoms with Gasteiger partial charge in [0.2, 0.25) is 0 Å². The van der Waals surface area contributed by atoms with E-state index in [0.29, 0.717) is 12.1 Å². The number of nitrogens with zero attached hydrogens (tertiary/aromatic N) is 2. The maximum absolute atomic E-state index is 11.5. The maximum Gasteiger partial charge on any atom is 0.263 e. The van der Waals surface area contributed by atoms with Crippen LogP contribution in [0.15, 0.2) is 42.5 Å². The van der Waals surface area contributed by atoms with Gasteiger partial charge in [0, 0.05) is 32.8 Å². The van der Waals surface area contributed by atoms with E-state index in [-0.39, 0.29) is 18.3 Å². The zero-order valence-corrected chi connectivity index (χ0v) is 14.3. The first-order chi connectivity index (χ1) is 9.43. The predicted molar refractivity (Wildman–Crippen MR) is 92.1 cm³/mol. The second-order valence-electron chi connectivity index (χ2n) is 4.75. The van der Waals surface area contributed by atoms with Crippen LogP contribution in [0.25, 0.3) is 0 Å². The van der Waals surface area contributed by atoms with Gasteiger partial charge in [-0.1, -0.05) is 43.8 Å². The lowest BCUT2D eigenvalue weighted by molar-refractivity contribution is -0.140. The van der Waals surface area contributed by atoms with Crippen LogP contribution >= 0.6 is 12.4 Å². The van der Waals surface area contributed by atoms with Crippen LogP contribution in [-0.2, 0) is 11.3 Å². The first kappa shape index (κ1) is 21.9. The molecule has 0 saturated heterocycles. The van der Waals surface area contributed by atoms with Crippen LogP contribution in [0.2, 0.25) is 0 Å². The average Bonchev–Trinajstić information content (AvgIpc) is 2.45. The number of rotatable bonds is 5. The van der Waals surface area contributed by atoms with Gasteiger partial charge < -0.3 is 5.73 Å². The molecule has 5 heteroatoms. The molecule has 0 unspecified atom stereocenters. The molecule has 120 valence electrons. The Morgan fingerprint density at radius 3 is 2.05 bits per heavy atom. The van der Waals surface area contributed by atoms with E-state index >= 15 is 0 Å². The number of nitrogens with two attached hydrogens (primary N) is 1. The molecule has 0 aliphatic rings. The molecule has 1 aromatic rings. The van der Waals surface area contributed by atoms with Gasteiger partial charge in [-0.05, 0) is 18.9 Å². The second kappa shape index (κ2) is 12.4. The second-order valence-corrected chi connectivity index (χ2v) is 4.75. The molecule has 1 amide bonds. The topological polar surface area (TPSA) is 49.6 Å². The van der Waals surface area contributed by atoms with Gasteiger partial charge in [0.25, 0.3) is 5.91 Å². The van der Waals surface area contributed by atoms with Crippen molar-refractivity contribution in [3.8, 4) is 0 Å². The molecule has 0 fully saturated rings. The summed E-state index contributed by atoms with van der Waals surface area (Å²) in [4.78, 5) is 11.5. The summed E-state index contributed by atoms with van der Waals surface area (Å²) < 4.78 is 0. The summed E-state index contributed by atoms with van der Waals surface area (Å²) in [6.07, 6.45) is 0.956. The summed E-state index contributed by atoms with van der Waals surface area (Å²) >= 11 is 0. The number of hydrogen-bond donors (Lipinski definition) is 1. The van der Waals surface area contributed by atoms with Crippen molar-refractivity contribution in [1.29, 1.82) is 0 Å². The van der Waals surface area contributed by atoms with Gasteiger partial charge in [0.1, 0.15) is 0 Å². The smallest absolute Gasteiger partial charge is 0.263 e. The lowest BCUT2D eigenvalue weighted by Crippen LogP contribution is -2.42. The van der Waals surface area contributed by atoms with Gasteiger partial charge in [0.15, 0.2) is 0 Å². The number of hydrazine groups is 1. The summed E-state index contributed by atoms with van der Waals surface area (Å²) in [5.74, 6) is 0.00171. The molecule has 21 heavy (non-hydrogen) atoms. The third-order valence-electron chi connectivity index (χ3n) is 2.60. The summed E-state index contributed by atoms with van der Waals surface area (Å²) in [7, 11) is 3.72. The Morgan fingerprint density at radius 1 is 1.24 bits per heavy atom. The molecule has 0 heterocycles. The van der Waals surface area contributed by atoms with Crippen molar-refractivity contribution < 1.29 is 4.79 Å². The van der Waals surface area contributed by atoms with E-state index in [1.165, 1.54) is 5.56 Å². The molecule has 2 N–H and O–H groups in total. The molecule has 0 radical (unpaired) electrons. The molecule has 1 rings (SSSR count). The molecular formula is C16H28ClN3O. The average molecular weight is 314 g/mol. The highest BCUT2D eigenvalue weighted by Gasteiger charge is 2.14. The van der Waals surface area contributed by atoms with E-state index in [0.717, 1.165) is 13.0 Å². The van der Waals surface area contributed by atoms with E-state index in [1.54, 1.807) is 16.9 Å². The largest absolute Gasteiger partial charge is 0.326 e. The van der Waals surface area contributed by atoms with Crippen molar-refractivity contribution in [2.75, 3.05) is 20.6 Å². The Bertz CT molecular complexity index is 407. The van der Waals surface area contributed by atoms with Crippen LogP contribution in [0.3, 0.4) is 0 Å². The molecule has 0 bridgehead atoms. The molecule has 1 aromatic carbocycles. The monoisotopic (exact) mass is 313 g/mol. The fourth-order valence-electron chi connectivity index (χ4n) is 1.53. The fourth-order valence-corrected chi connectivity index (χ4v) is 1.53. The van der Waals surface area contributed by atoms with Crippen LogP contribution in [0.5, 0.6) is 0 Å².